The molecule has 0 bridgehead atoms. The van der Waals surface area contributed by atoms with E-state index in [1.165, 1.54) is 11.1 Å². The van der Waals surface area contributed by atoms with Crippen LogP contribution in [-0.4, -0.2) is 23.3 Å². The number of carbonyl (C=O) groups is 1. The summed E-state index contributed by atoms with van der Waals surface area (Å²) in [4.78, 5) is 11.5. The average Bonchev–Trinajstić information content (AvgIpc) is 2.72. The molecule has 0 radical (unpaired) electrons. The maximum absolute atomic E-state index is 11.5. The molecule has 0 amide bonds. The average molecular weight is 443 g/mol. The van der Waals surface area contributed by atoms with E-state index in [0.717, 1.165) is 55.4 Å². The number of benzene rings is 1. The van der Waals surface area contributed by atoms with Gasteiger partial charge in [0.15, 0.2) is 0 Å². The number of aliphatic carboxylic acids is 1. The number of hydrogen-bond acceptors (Lipinski definition) is 3. The monoisotopic (exact) mass is 442 g/mol. The highest BCUT2D eigenvalue weighted by Gasteiger charge is 2.57. The molecule has 0 saturated heterocycles. The number of phenolic OH excluding ortho intramolecular Hbond substituents is 1. The molecule has 2 aliphatic carbocycles. The van der Waals surface area contributed by atoms with E-state index in [9.17, 15) is 15.0 Å². The van der Waals surface area contributed by atoms with Crippen molar-refractivity contribution in [3.8, 4) is 11.5 Å². The molecule has 3 rings (SSSR count). The summed E-state index contributed by atoms with van der Waals surface area (Å²) in [7, 11) is 1.67. The molecule has 32 heavy (non-hydrogen) atoms. The van der Waals surface area contributed by atoms with Crippen molar-refractivity contribution in [2.45, 2.75) is 86.5 Å². The topological polar surface area (TPSA) is 66.8 Å². The molecule has 0 spiro atoms. The van der Waals surface area contributed by atoms with Crippen LogP contribution in [0.4, 0.5) is 0 Å². The van der Waals surface area contributed by atoms with Crippen molar-refractivity contribution >= 4 is 5.97 Å². The smallest absolute Gasteiger partial charge is 0.303 e. The van der Waals surface area contributed by atoms with Crippen LogP contribution in [0.25, 0.3) is 0 Å². The number of aryl methyl sites for hydroxylation is 1. The molecule has 4 nitrogen and oxygen atoms in total. The fourth-order valence-corrected chi connectivity index (χ4v) is 7.22. The van der Waals surface area contributed by atoms with Crippen LogP contribution in [0, 0.1) is 35.5 Å². The summed E-state index contributed by atoms with van der Waals surface area (Å²) in [6.45, 7) is 13.5. The van der Waals surface area contributed by atoms with E-state index >= 15 is 0 Å². The molecule has 0 aromatic heterocycles. The fraction of sp³-hybridized carbons (Fsp3) is 0.679. The van der Waals surface area contributed by atoms with Crippen LogP contribution in [0.2, 0.25) is 0 Å². The Kier molecular flexibility index (Phi) is 7.02. The highest BCUT2D eigenvalue weighted by Crippen LogP contribution is 2.65. The predicted molar refractivity (Wildman–Crippen MR) is 129 cm³/mol. The number of ether oxygens (including phenoxy) is 1. The van der Waals surface area contributed by atoms with Gasteiger partial charge in [-0.2, -0.15) is 0 Å². The van der Waals surface area contributed by atoms with E-state index in [2.05, 4.69) is 34.6 Å². The van der Waals surface area contributed by atoms with E-state index in [4.69, 9.17) is 4.74 Å². The molecule has 5 atom stereocenters. The predicted octanol–water partition coefficient (Wildman–Crippen LogP) is 6.92. The Bertz CT molecular complexity index is 897. The summed E-state index contributed by atoms with van der Waals surface area (Å²) in [5, 5.41) is 20.3. The van der Waals surface area contributed by atoms with Crippen LogP contribution in [0.15, 0.2) is 23.3 Å². The summed E-state index contributed by atoms with van der Waals surface area (Å²) in [6.07, 6.45) is 6.21. The first-order chi connectivity index (χ1) is 14.9. The highest BCUT2D eigenvalue weighted by molar-refractivity contribution is 5.66. The van der Waals surface area contributed by atoms with Gasteiger partial charge in [-0.1, -0.05) is 31.9 Å². The minimum Gasteiger partial charge on any atom is -0.507 e. The van der Waals surface area contributed by atoms with Crippen molar-refractivity contribution in [1.82, 2.24) is 0 Å². The van der Waals surface area contributed by atoms with E-state index < -0.39 is 5.97 Å². The lowest BCUT2D eigenvalue weighted by Gasteiger charge is -2.61. The first-order valence-corrected chi connectivity index (χ1v) is 12.2. The number of methoxy groups -OCH3 is 1. The fourth-order valence-electron chi connectivity index (χ4n) is 7.22. The second kappa shape index (κ2) is 9.11. The van der Waals surface area contributed by atoms with Crippen molar-refractivity contribution in [3.05, 3.63) is 34.4 Å². The summed E-state index contributed by atoms with van der Waals surface area (Å²) in [5.41, 5.74) is 4.77. The van der Waals surface area contributed by atoms with Crippen molar-refractivity contribution in [2.24, 2.45) is 28.6 Å². The molecule has 1 aromatic carbocycles. The number of phenols is 1. The molecule has 2 fully saturated rings. The van der Waals surface area contributed by atoms with Crippen molar-refractivity contribution < 1.29 is 19.7 Å². The number of fused-ring (bicyclic) bond motifs is 1. The lowest BCUT2D eigenvalue weighted by Crippen LogP contribution is -2.54. The molecule has 2 aliphatic rings. The van der Waals surface area contributed by atoms with Gasteiger partial charge < -0.3 is 14.9 Å². The number of rotatable bonds is 6. The Morgan fingerprint density at radius 2 is 1.91 bits per heavy atom. The number of hydrogen-bond donors (Lipinski definition) is 2. The summed E-state index contributed by atoms with van der Waals surface area (Å²) >= 11 is 0. The van der Waals surface area contributed by atoms with Crippen LogP contribution in [-0.2, 0) is 11.2 Å². The molecule has 0 aliphatic heterocycles. The summed E-state index contributed by atoms with van der Waals surface area (Å²) in [6, 6.07) is 3.89. The zero-order valence-corrected chi connectivity index (χ0v) is 21.0. The molecular weight excluding hydrogens is 400 g/mol. The van der Waals surface area contributed by atoms with Crippen molar-refractivity contribution in [3.63, 3.8) is 0 Å². The van der Waals surface area contributed by atoms with E-state index in [0.29, 0.717) is 23.5 Å². The molecule has 0 unspecified atom stereocenters. The van der Waals surface area contributed by atoms with Gasteiger partial charge in [0.05, 0.1) is 7.11 Å². The van der Waals surface area contributed by atoms with Crippen molar-refractivity contribution in [1.29, 1.82) is 0 Å². The first-order valence-electron chi connectivity index (χ1n) is 12.2. The summed E-state index contributed by atoms with van der Waals surface area (Å²) < 4.78 is 5.51. The minimum absolute atomic E-state index is 0.0257. The van der Waals surface area contributed by atoms with Gasteiger partial charge in [-0.05, 0) is 111 Å². The Hall–Kier alpha value is -1.97. The third kappa shape index (κ3) is 4.30. The van der Waals surface area contributed by atoms with Gasteiger partial charge in [0.25, 0.3) is 0 Å². The largest absolute Gasteiger partial charge is 0.507 e. The number of carboxylic acids is 1. The lowest BCUT2D eigenvalue weighted by molar-refractivity contribution is -0.138. The van der Waals surface area contributed by atoms with Crippen molar-refractivity contribution in [2.75, 3.05) is 7.11 Å². The second-order valence-corrected chi connectivity index (χ2v) is 11.2. The SMILES string of the molecule is COc1cc(C)c(O)c(C[C@]2(C)[C@H]3CCC(=C(C)C)[C@@H](CCC(=O)O)[C@]3(C)CC[C@H]2C)c1. The Morgan fingerprint density at radius 3 is 2.50 bits per heavy atom. The molecule has 178 valence electrons. The van der Waals surface area contributed by atoms with Gasteiger partial charge in [-0.25, -0.2) is 0 Å². The standard InChI is InChI=1S/C28H42O4/c1-17(2)22-8-10-24-27(5,23(22)9-11-25(29)30)13-12-19(4)28(24,6)16-20-15-21(32-7)14-18(3)26(20)31/h14-15,19,23-24,31H,8-13,16H2,1-7H3,(H,29,30)/t19-,23-,24+,27+,28+/m1/s1. The number of carboxylic acid groups (broad SMARTS) is 1. The van der Waals surface area contributed by atoms with Gasteiger partial charge >= 0.3 is 5.97 Å². The van der Waals surface area contributed by atoms with Crippen LogP contribution in [0.3, 0.4) is 0 Å². The molecule has 4 heteroatoms. The third-order valence-electron chi connectivity index (χ3n) is 9.20. The van der Waals surface area contributed by atoms with Gasteiger partial charge in [0.1, 0.15) is 11.5 Å². The number of aromatic hydroxyl groups is 1. The normalized spacial score (nSPS) is 32.3. The first kappa shape index (κ1) is 24.7. The van der Waals surface area contributed by atoms with Crippen LogP contribution >= 0.6 is 0 Å². The molecule has 0 heterocycles. The maximum atomic E-state index is 11.5. The zero-order chi connectivity index (χ0) is 23.8. The van der Waals surface area contributed by atoms with Gasteiger partial charge in [0.2, 0.25) is 0 Å². The Morgan fingerprint density at radius 1 is 1.22 bits per heavy atom. The van der Waals surface area contributed by atoms with Gasteiger partial charge in [-0.15, -0.1) is 0 Å². The molecule has 1 aromatic rings. The Labute approximate surface area is 194 Å². The number of allylic oxidation sites excluding steroid dienone is 2. The molecule has 2 saturated carbocycles. The minimum atomic E-state index is -0.701. The quantitative estimate of drug-likeness (QED) is 0.469. The zero-order valence-electron chi connectivity index (χ0n) is 21.0. The van der Waals surface area contributed by atoms with E-state index in [1.54, 1.807) is 7.11 Å². The van der Waals surface area contributed by atoms with Crippen LogP contribution in [0.5, 0.6) is 11.5 Å². The van der Waals surface area contributed by atoms with Crippen LogP contribution in [0.1, 0.15) is 84.3 Å². The van der Waals surface area contributed by atoms with E-state index in [-0.39, 0.29) is 17.3 Å². The maximum Gasteiger partial charge on any atom is 0.303 e. The second-order valence-electron chi connectivity index (χ2n) is 11.2. The molecular formula is C28H42O4. The molecule has 2 N–H and O–H groups in total. The van der Waals surface area contributed by atoms with Gasteiger partial charge in [0, 0.05) is 6.42 Å². The Balaban J connectivity index is 2.04. The van der Waals surface area contributed by atoms with E-state index in [1.807, 2.05) is 19.1 Å². The summed E-state index contributed by atoms with van der Waals surface area (Å²) in [5.74, 6) is 1.79. The lowest BCUT2D eigenvalue weighted by atomic mass is 9.43. The van der Waals surface area contributed by atoms with Crippen LogP contribution < -0.4 is 4.74 Å². The third-order valence-corrected chi connectivity index (χ3v) is 9.20. The van der Waals surface area contributed by atoms with Gasteiger partial charge in [-0.3, -0.25) is 4.79 Å². The highest BCUT2D eigenvalue weighted by atomic mass is 16.5.